The van der Waals surface area contributed by atoms with Gasteiger partial charge in [-0.1, -0.05) is 15.9 Å². The van der Waals surface area contributed by atoms with Crippen LogP contribution in [-0.2, 0) is 4.79 Å². The van der Waals surface area contributed by atoms with Gasteiger partial charge in [0, 0.05) is 35.9 Å². The fraction of sp³-hybridized carbons (Fsp3) is 0.400. The maximum atomic E-state index is 11.8. The Balaban J connectivity index is 1.58. The zero-order valence-electron chi connectivity index (χ0n) is 11.5. The van der Waals surface area contributed by atoms with Gasteiger partial charge in [-0.05, 0) is 24.6 Å². The lowest BCUT2D eigenvalue weighted by atomic mass is 10.1. The fourth-order valence-electron chi connectivity index (χ4n) is 3.15. The van der Waals surface area contributed by atoms with Crippen molar-refractivity contribution in [2.45, 2.75) is 18.9 Å². The van der Waals surface area contributed by atoms with E-state index in [0.717, 1.165) is 47.2 Å². The average Bonchev–Trinajstić information content (AvgIpc) is 2.84. The van der Waals surface area contributed by atoms with Crippen LogP contribution in [0.25, 0.3) is 10.9 Å². The van der Waals surface area contributed by atoms with Crippen LogP contribution in [0.5, 0.6) is 0 Å². The van der Waals surface area contributed by atoms with Crippen molar-refractivity contribution in [2.24, 2.45) is 0 Å². The molecule has 0 N–H and O–H groups in total. The SMILES string of the molecule is O=C1CCCN1C1CN(c2ncnc3ccc(Br)cc23)C1. The van der Waals surface area contributed by atoms with Gasteiger partial charge in [0.2, 0.25) is 5.91 Å². The molecule has 2 saturated heterocycles. The molecule has 0 aliphatic carbocycles. The molecule has 21 heavy (non-hydrogen) atoms. The van der Waals surface area contributed by atoms with Crippen molar-refractivity contribution in [3.8, 4) is 0 Å². The molecular formula is C15H15BrN4O. The summed E-state index contributed by atoms with van der Waals surface area (Å²) >= 11 is 3.50. The number of hydrogen-bond acceptors (Lipinski definition) is 4. The van der Waals surface area contributed by atoms with E-state index in [4.69, 9.17) is 0 Å². The second-order valence-corrected chi connectivity index (χ2v) is 6.52. The number of rotatable bonds is 2. The Hall–Kier alpha value is -1.69. The van der Waals surface area contributed by atoms with Gasteiger partial charge in [-0.25, -0.2) is 9.97 Å². The van der Waals surface area contributed by atoms with Crippen LogP contribution in [-0.4, -0.2) is 46.5 Å². The number of likely N-dealkylation sites (tertiary alicyclic amines) is 1. The molecule has 0 bridgehead atoms. The fourth-order valence-corrected chi connectivity index (χ4v) is 3.51. The van der Waals surface area contributed by atoms with Crippen molar-refractivity contribution >= 4 is 38.6 Å². The third-order valence-corrected chi connectivity index (χ3v) is 4.78. The van der Waals surface area contributed by atoms with Crippen LogP contribution in [0.15, 0.2) is 29.0 Å². The molecule has 0 unspecified atom stereocenters. The Morgan fingerprint density at radius 1 is 1.24 bits per heavy atom. The largest absolute Gasteiger partial charge is 0.352 e. The van der Waals surface area contributed by atoms with Gasteiger partial charge in [0.05, 0.1) is 11.6 Å². The lowest BCUT2D eigenvalue weighted by molar-refractivity contribution is -0.130. The molecule has 5 nitrogen and oxygen atoms in total. The summed E-state index contributed by atoms with van der Waals surface area (Å²) in [7, 11) is 0. The second-order valence-electron chi connectivity index (χ2n) is 5.61. The van der Waals surface area contributed by atoms with Crippen molar-refractivity contribution in [3.05, 3.63) is 29.0 Å². The first-order valence-electron chi connectivity index (χ1n) is 7.17. The van der Waals surface area contributed by atoms with E-state index in [9.17, 15) is 4.79 Å². The van der Waals surface area contributed by atoms with E-state index >= 15 is 0 Å². The minimum Gasteiger partial charge on any atom is -0.352 e. The summed E-state index contributed by atoms with van der Waals surface area (Å²) in [5.41, 5.74) is 0.948. The van der Waals surface area contributed by atoms with Gasteiger partial charge in [-0.15, -0.1) is 0 Å². The number of nitrogens with zero attached hydrogens (tertiary/aromatic N) is 4. The molecule has 2 aliphatic rings. The van der Waals surface area contributed by atoms with Gasteiger partial charge in [0.15, 0.2) is 0 Å². The number of fused-ring (bicyclic) bond motifs is 1. The third-order valence-electron chi connectivity index (χ3n) is 4.29. The Bertz CT molecular complexity index is 714. The Morgan fingerprint density at radius 2 is 2.10 bits per heavy atom. The summed E-state index contributed by atoms with van der Waals surface area (Å²) in [6.07, 6.45) is 3.32. The number of carbonyl (C=O) groups excluding carboxylic acids is 1. The zero-order chi connectivity index (χ0) is 14.4. The minimum atomic E-state index is 0.301. The van der Waals surface area contributed by atoms with Crippen LogP contribution >= 0.6 is 15.9 Å². The molecule has 1 aromatic carbocycles. The molecule has 1 aromatic heterocycles. The van der Waals surface area contributed by atoms with Crippen LogP contribution < -0.4 is 4.90 Å². The second kappa shape index (κ2) is 4.94. The normalized spacial score (nSPS) is 19.4. The standard InChI is InChI=1S/C15H15BrN4O/c16-10-3-4-13-12(6-10)15(18-9-17-13)19-7-11(8-19)20-5-1-2-14(20)21/h3-4,6,9,11H,1-2,5,7-8H2. The van der Waals surface area contributed by atoms with Crippen molar-refractivity contribution in [1.82, 2.24) is 14.9 Å². The van der Waals surface area contributed by atoms with Crippen LogP contribution in [0, 0.1) is 0 Å². The molecule has 3 heterocycles. The number of hydrogen-bond donors (Lipinski definition) is 0. The van der Waals surface area contributed by atoms with Gasteiger partial charge in [0.1, 0.15) is 12.1 Å². The lowest BCUT2D eigenvalue weighted by Crippen LogP contribution is -2.60. The van der Waals surface area contributed by atoms with Crippen LogP contribution in [0.2, 0.25) is 0 Å². The molecular weight excluding hydrogens is 332 g/mol. The number of anilines is 1. The summed E-state index contributed by atoms with van der Waals surface area (Å²) < 4.78 is 1.03. The molecule has 2 aliphatic heterocycles. The summed E-state index contributed by atoms with van der Waals surface area (Å²) in [6, 6.07) is 6.38. The summed E-state index contributed by atoms with van der Waals surface area (Å²) in [5.74, 6) is 1.26. The predicted molar refractivity (Wildman–Crippen MR) is 84.2 cm³/mol. The topological polar surface area (TPSA) is 49.3 Å². The molecule has 4 rings (SSSR count). The summed E-state index contributed by atoms with van der Waals surface area (Å²) in [4.78, 5) is 24.8. The van der Waals surface area contributed by atoms with E-state index in [0.29, 0.717) is 18.4 Å². The van der Waals surface area contributed by atoms with E-state index in [1.165, 1.54) is 0 Å². The molecule has 1 amide bonds. The third kappa shape index (κ3) is 2.18. The van der Waals surface area contributed by atoms with Crippen LogP contribution in [0.3, 0.4) is 0 Å². The number of carbonyl (C=O) groups is 1. The first-order valence-corrected chi connectivity index (χ1v) is 7.96. The quantitative estimate of drug-likeness (QED) is 0.836. The Morgan fingerprint density at radius 3 is 2.86 bits per heavy atom. The zero-order valence-corrected chi connectivity index (χ0v) is 13.1. The molecule has 0 atom stereocenters. The minimum absolute atomic E-state index is 0.301. The Kier molecular flexibility index (Phi) is 3.06. The van der Waals surface area contributed by atoms with E-state index in [1.54, 1.807) is 6.33 Å². The molecule has 0 radical (unpaired) electrons. The van der Waals surface area contributed by atoms with E-state index in [2.05, 4.69) is 36.9 Å². The molecule has 0 spiro atoms. The summed E-state index contributed by atoms with van der Waals surface area (Å²) in [6.45, 7) is 2.64. The lowest BCUT2D eigenvalue weighted by Gasteiger charge is -2.44. The molecule has 2 fully saturated rings. The van der Waals surface area contributed by atoms with E-state index < -0.39 is 0 Å². The maximum Gasteiger partial charge on any atom is 0.223 e. The van der Waals surface area contributed by atoms with Crippen molar-refractivity contribution in [3.63, 3.8) is 0 Å². The predicted octanol–water partition coefficient (Wildman–Crippen LogP) is 2.20. The van der Waals surface area contributed by atoms with E-state index in [-0.39, 0.29) is 0 Å². The summed E-state index contributed by atoms with van der Waals surface area (Å²) in [5, 5.41) is 1.05. The first kappa shape index (κ1) is 13.0. The smallest absolute Gasteiger partial charge is 0.223 e. The van der Waals surface area contributed by atoms with Gasteiger partial charge in [-0.2, -0.15) is 0 Å². The van der Waals surface area contributed by atoms with Crippen molar-refractivity contribution < 1.29 is 4.79 Å². The molecule has 108 valence electrons. The van der Waals surface area contributed by atoms with Gasteiger partial charge >= 0.3 is 0 Å². The van der Waals surface area contributed by atoms with E-state index in [1.807, 2.05) is 17.0 Å². The maximum absolute atomic E-state index is 11.8. The highest BCUT2D eigenvalue weighted by Crippen LogP contribution is 2.31. The molecule has 2 aromatic rings. The first-order chi connectivity index (χ1) is 10.2. The average molecular weight is 347 g/mol. The van der Waals surface area contributed by atoms with Crippen molar-refractivity contribution in [1.29, 1.82) is 0 Å². The monoisotopic (exact) mass is 346 g/mol. The molecule has 0 saturated carbocycles. The highest BCUT2D eigenvalue weighted by Gasteiger charge is 2.37. The van der Waals surface area contributed by atoms with Gasteiger partial charge in [-0.3, -0.25) is 4.79 Å². The van der Waals surface area contributed by atoms with Crippen LogP contribution in [0.4, 0.5) is 5.82 Å². The van der Waals surface area contributed by atoms with Gasteiger partial charge < -0.3 is 9.80 Å². The number of amides is 1. The highest BCUT2D eigenvalue weighted by atomic mass is 79.9. The Labute approximate surface area is 131 Å². The molecule has 6 heteroatoms. The van der Waals surface area contributed by atoms with Crippen molar-refractivity contribution in [2.75, 3.05) is 24.5 Å². The highest BCUT2D eigenvalue weighted by molar-refractivity contribution is 9.10. The van der Waals surface area contributed by atoms with Gasteiger partial charge in [0.25, 0.3) is 0 Å². The number of aromatic nitrogens is 2. The van der Waals surface area contributed by atoms with Crippen LogP contribution in [0.1, 0.15) is 12.8 Å². The number of halogens is 1. The number of benzene rings is 1.